The predicted molar refractivity (Wildman–Crippen MR) is 87.6 cm³/mol. The number of aryl methyl sites for hydroxylation is 2. The Bertz CT molecular complexity index is 941. The smallest absolute Gasteiger partial charge is 0.295 e. The molecular formula is C18H17N3O. The summed E-state index contributed by atoms with van der Waals surface area (Å²) in [5.74, 6) is 0. The van der Waals surface area contributed by atoms with Crippen LogP contribution in [0.1, 0.15) is 18.9 Å². The molecular weight excluding hydrogens is 274 g/mol. The lowest BCUT2D eigenvalue weighted by Crippen LogP contribution is -2.21. The van der Waals surface area contributed by atoms with E-state index in [0.717, 1.165) is 28.6 Å². The van der Waals surface area contributed by atoms with Crippen LogP contribution in [0.4, 0.5) is 0 Å². The summed E-state index contributed by atoms with van der Waals surface area (Å²) in [5.41, 5.74) is 4.31. The molecule has 3 aromatic rings. The van der Waals surface area contributed by atoms with Gasteiger partial charge in [-0.25, -0.2) is 4.79 Å². The van der Waals surface area contributed by atoms with Gasteiger partial charge in [-0.15, -0.1) is 0 Å². The van der Waals surface area contributed by atoms with E-state index in [1.54, 1.807) is 22.2 Å². The van der Waals surface area contributed by atoms with E-state index in [-0.39, 0.29) is 5.69 Å². The van der Waals surface area contributed by atoms with Crippen molar-refractivity contribution < 1.29 is 0 Å². The summed E-state index contributed by atoms with van der Waals surface area (Å²) in [6.07, 6.45) is 0.915. The van der Waals surface area contributed by atoms with E-state index < -0.39 is 0 Å². The van der Waals surface area contributed by atoms with Crippen molar-refractivity contribution in [1.29, 1.82) is 5.26 Å². The van der Waals surface area contributed by atoms with Gasteiger partial charge >= 0.3 is 5.69 Å². The Kier molecular flexibility index (Phi) is 3.56. The van der Waals surface area contributed by atoms with Crippen LogP contribution in [0.5, 0.6) is 0 Å². The SMILES string of the molecule is CCCn1c(=O)n(C)c2cc(-c3ccccc3C#N)ccc21. The normalized spacial score (nSPS) is 10.8. The lowest BCUT2D eigenvalue weighted by atomic mass is 10.00. The molecule has 2 aromatic carbocycles. The molecule has 0 aliphatic heterocycles. The van der Waals surface area contributed by atoms with Gasteiger partial charge in [0.05, 0.1) is 22.7 Å². The van der Waals surface area contributed by atoms with Crippen molar-refractivity contribution in [1.82, 2.24) is 9.13 Å². The molecule has 3 rings (SSSR count). The number of benzene rings is 2. The standard InChI is InChI=1S/C18H17N3O/c1-3-10-21-16-9-8-13(11-17(16)20(2)18(21)22)15-7-5-4-6-14(15)12-19/h4-9,11H,3,10H2,1-2H3. The first kappa shape index (κ1) is 14.2. The van der Waals surface area contributed by atoms with Gasteiger partial charge in [-0.05, 0) is 35.7 Å². The fraction of sp³-hybridized carbons (Fsp3) is 0.222. The molecule has 0 spiro atoms. The van der Waals surface area contributed by atoms with Gasteiger partial charge in [-0.2, -0.15) is 5.26 Å². The average Bonchev–Trinajstić information content (AvgIpc) is 2.80. The number of imidazole rings is 1. The number of hydrogen-bond donors (Lipinski definition) is 0. The summed E-state index contributed by atoms with van der Waals surface area (Å²) in [7, 11) is 1.79. The van der Waals surface area contributed by atoms with E-state index in [1.165, 1.54) is 0 Å². The lowest BCUT2D eigenvalue weighted by molar-refractivity contribution is 0.652. The van der Waals surface area contributed by atoms with E-state index in [0.29, 0.717) is 12.1 Å². The number of rotatable bonds is 3. The Morgan fingerprint density at radius 1 is 1.14 bits per heavy atom. The number of nitrogens with zero attached hydrogens (tertiary/aromatic N) is 3. The molecule has 0 saturated heterocycles. The third-order valence-corrected chi connectivity index (χ3v) is 3.95. The molecule has 4 heteroatoms. The van der Waals surface area contributed by atoms with Crippen molar-refractivity contribution in [2.45, 2.75) is 19.9 Å². The largest absolute Gasteiger partial charge is 0.328 e. The highest BCUT2D eigenvalue weighted by atomic mass is 16.1. The van der Waals surface area contributed by atoms with Crippen LogP contribution in [0.2, 0.25) is 0 Å². The van der Waals surface area contributed by atoms with Crippen LogP contribution < -0.4 is 5.69 Å². The van der Waals surface area contributed by atoms with Crippen molar-refractivity contribution in [2.24, 2.45) is 7.05 Å². The highest BCUT2D eigenvalue weighted by molar-refractivity contribution is 5.84. The maximum Gasteiger partial charge on any atom is 0.328 e. The molecule has 0 atom stereocenters. The zero-order valence-corrected chi connectivity index (χ0v) is 12.7. The molecule has 0 bridgehead atoms. The highest BCUT2D eigenvalue weighted by Crippen LogP contribution is 2.26. The zero-order valence-electron chi connectivity index (χ0n) is 12.7. The Labute approximate surface area is 128 Å². The predicted octanol–water partition coefficient (Wildman–Crippen LogP) is 3.29. The van der Waals surface area contributed by atoms with E-state index in [4.69, 9.17) is 0 Å². The van der Waals surface area contributed by atoms with Gasteiger partial charge in [-0.1, -0.05) is 31.2 Å². The van der Waals surface area contributed by atoms with Crippen molar-refractivity contribution in [2.75, 3.05) is 0 Å². The van der Waals surface area contributed by atoms with Gasteiger partial charge in [0.1, 0.15) is 0 Å². The number of hydrogen-bond acceptors (Lipinski definition) is 2. The molecule has 110 valence electrons. The van der Waals surface area contributed by atoms with Crippen LogP contribution in [0.3, 0.4) is 0 Å². The van der Waals surface area contributed by atoms with Crippen LogP contribution in [0.15, 0.2) is 47.3 Å². The molecule has 0 fully saturated rings. The molecule has 0 N–H and O–H groups in total. The van der Waals surface area contributed by atoms with Gasteiger partial charge in [-0.3, -0.25) is 9.13 Å². The summed E-state index contributed by atoms with van der Waals surface area (Å²) in [6, 6.07) is 15.7. The van der Waals surface area contributed by atoms with E-state index >= 15 is 0 Å². The van der Waals surface area contributed by atoms with Gasteiger partial charge in [0.25, 0.3) is 0 Å². The van der Waals surface area contributed by atoms with Crippen LogP contribution in [-0.2, 0) is 13.6 Å². The van der Waals surface area contributed by atoms with Gasteiger partial charge in [0.2, 0.25) is 0 Å². The van der Waals surface area contributed by atoms with Crippen molar-refractivity contribution in [3.63, 3.8) is 0 Å². The summed E-state index contributed by atoms with van der Waals surface area (Å²) in [4.78, 5) is 12.3. The molecule has 0 radical (unpaired) electrons. The molecule has 1 aromatic heterocycles. The van der Waals surface area contributed by atoms with Gasteiger partial charge in [0, 0.05) is 13.6 Å². The second kappa shape index (κ2) is 5.53. The minimum absolute atomic E-state index is 0.00238. The summed E-state index contributed by atoms with van der Waals surface area (Å²) in [5, 5.41) is 9.26. The van der Waals surface area contributed by atoms with Crippen molar-refractivity contribution in [3.05, 3.63) is 58.5 Å². The summed E-state index contributed by atoms with van der Waals surface area (Å²) < 4.78 is 3.47. The summed E-state index contributed by atoms with van der Waals surface area (Å²) >= 11 is 0. The maximum atomic E-state index is 12.3. The number of aromatic nitrogens is 2. The second-order valence-corrected chi connectivity index (χ2v) is 5.35. The topological polar surface area (TPSA) is 50.7 Å². The van der Waals surface area contributed by atoms with Crippen molar-refractivity contribution >= 4 is 11.0 Å². The first-order valence-corrected chi connectivity index (χ1v) is 7.36. The minimum Gasteiger partial charge on any atom is -0.295 e. The van der Waals surface area contributed by atoms with E-state index in [1.807, 2.05) is 36.4 Å². The first-order chi connectivity index (χ1) is 10.7. The minimum atomic E-state index is 0.00238. The van der Waals surface area contributed by atoms with Crippen molar-refractivity contribution in [3.8, 4) is 17.2 Å². The quantitative estimate of drug-likeness (QED) is 0.743. The summed E-state index contributed by atoms with van der Waals surface area (Å²) in [6.45, 7) is 2.77. The number of fused-ring (bicyclic) bond motifs is 1. The second-order valence-electron chi connectivity index (χ2n) is 5.35. The monoisotopic (exact) mass is 291 g/mol. The molecule has 0 aliphatic rings. The molecule has 0 saturated carbocycles. The first-order valence-electron chi connectivity index (χ1n) is 7.36. The number of nitriles is 1. The van der Waals surface area contributed by atoms with E-state index in [9.17, 15) is 10.1 Å². The molecule has 0 unspecified atom stereocenters. The van der Waals surface area contributed by atoms with E-state index in [2.05, 4.69) is 13.0 Å². The third-order valence-electron chi connectivity index (χ3n) is 3.95. The Morgan fingerprint density at radius 2 is 1.91 bits per heavy atom. The van der Waals surface area contributed by atoms with Gasteiger partial charge < -0.3 is 0 Å². The maximum absolute atomic E-state index is 12.3. The third kappa shape index (κ3) is 2.11. The molecule has 22 heavy (non-hydrogen) atoms. The fourth-order valence-corrected chi connectivity index (χ4v) is 2.85. The van der Waals surface area contributed by atoms with Crippen LogP contribution in [0, 0.1) is 11.3 Å². The van der Waals surface area contributed by atoms with Crippen LogP contribution >= 0.6 is 0 Å². The molecule has 0 amide bonds. The molecule has 0 aliphatic carbocycles. The molecule has 4 nitrogen and oxygen atoms in total. The van der Waals surface area contributed by atoms with Crippen LogP contribution in [-0.4, -0.2) is 9.13 Å². The highest BCUT2D eigenvalue weighted by Gasteiger charge is 2.12. The Hall–Kier alpha value is -2.80. The van der Waals surface area contributed by atoms with Gasteiger partial charge in [0.15, 0.2) is 0 Å². The zero-order chi connectivity index (χ0) is 15.7. The van der Waals surface area contributed by atoms with Crippen LogP contribution in [0.25, 0.3) is 22.2 Å². The molecule has 1 heterocycles. The Balaban J connectivity index is 2.26. The average molecular weight is 291 g/mol. The Morgan fingerprint density at radius 3 is 2.64 bits per heavy atom. The fourth-order valence-electron chi connectivity index (χ4n) is 2.85. The lowest BCUT2D eigenvalue weighted by Gasteiger charge is -2.05.